The molecule has 0 radical (unpaired) electrons. The third kappa shape index (κ3) is 3.89. The summed E-state index contributed by atoms with van der Waals surface area (Å²) in [6.45, 7) is 2.15. The van der Waals surface area contributed by atoms with E-state index in [0.29, 0.717) is 22.3 Å². The zero-order valence-electron chi connectivity index (χ0n) is 11.3. The SMILES string of the molecule is Cc1cc(OCc2ccc(C=C(C#N)C#N)o2)ccc1Cl. The van der Waals surface area contributed by atoms with Crippen molar-refractivity contribution < 1.29 is 9.15 Å². The average Bonchev–Trinajstić information content (AvgIpc) is 2.93. The van der Waals surface area contributed by atoms with E-state index in [9.17, 15) is 0 Å². The van der Waals surface area contributed by atoms with Gasteiger partial charge in [-0.2, -0.15) is 10.5 Å². The Morgan fingerprint density at radius 3 is 2.71 bits per heavy atom. The summed E-state index contributed by atoms with van der Waals surface area (Å²) in [4.78, 5) is 0. The first-order chi connectivity index (χ1) is 10.1. The van der Waals surface area contributed by atoms with E-state index in [1.54, 1.807) is 36.4 Å². The van der Waals surface area contributed by atoms with Crippen molar-refractivity contribution in [2.24, 2.45) is 0 Å². The van der Waals surface area contributed by atoms with Crippen molar-refractivity contribution in [1.82, 2.24) is 0 Å². The molecule has 1 aromatic carbocycles. The van der Waals surface area contributed by atoms with E-state index in [0.717, 1.165) is 5.56 Å². The van der Waals surface area contributed by atoms with Gasteiger partial charge in [0.25, 0.3) is 0 Å². The lowest BCUT2D eigenvalue weighted by molar-refractivity contribution is 0.269. The van der Waals surface area contributed by atoms with Crippen molar-refractivity contribution in [3.05, 3.63) is 58.0 Å². The first-order valence-corrected chi connectivity index (χ1v) is 6.49. The van der Waals surface area contributed by atoms with Gasteiger partial charge in [-0.3, -0.25) is 0 Å². The molecule has 4 nitrogen and oxygen atoms in total. The predicted molar refractivity (Wildman–Crippen MR) is 78.4 cm³/mol. The fourth-order valence-electron chi connectivity index (χ4n) is 1.64. The van der Waals surface area contributed by atoms with Crippen molar-refractivity contribution in [1.29, 1.82) is 10.5 Å². The summed E-state index contributed by atoms with van der Waals surface area (Å²) >= 11 is 5.94. The van der Waals surface area contributed by atoms with Crippen LogP contribution in [0.1, 0.15) is 17.1 Å². The Morgan fingerprint density at radius 1 is 1.29 bits per heavy atom. The van der Waals surface area contributed by atoms with Crippen LogP contribution in [0, 0.1) is 29.6 Å². The lowest BCUT2D eigenvalue weighted by Gasteiger charge is -2.05. The van der Waals surface area contributed by atoms with Crippen molar-refractivity contribution in [2.75, 3.05) is 0 Å². The molecule has 0 aliphatic rings. The van der Waals surface area contributed by atoms with E-state index in [1.165, 1.54) is 6.08 Å². The molecule has 0 atom stereocenters. The monoisotopic (exact) mass is 298 g/mol. The number of benzene rings is 1. The topological polar surface area (TPSA) is 69.9 Å². The Bertz CT molecular complexity index is 747. The zero-order valence-corrected chi connectivity index (χ0v) is 12.0. The van der Waals surface area contributed by atoms with Crippen LogP contribution >= 0.6 is 11.6 Å². The highest BCUT2D eigenvalue weighted by Crippen LogP contribution is 2.22. The Labute approximate surface area is 127 Å². The molecule has 2 rings (SSSR count). The molecule has 0 aliphatic carbocycles. The minimum Gasteiger partial charge on any atom is -0.486 e. The number of nitrogens with zero attached hydrogens (tertiary/aromatic N) is 2. The molecular formula is C16H11ClN2O2. The van der Waals surface area contributed by atoms with Crippen LogP contribution in [0.2, 0.25) is 5.02 Å². The van der Waals surface area contributed by atoms with Crippen molar-refractivity contribution >= 4 is 17.7 Å². The molecule has 1 heterocycles. The summed E-state index contributed by atoms with van der Waals surface area (Å²) in [6.07, 6.45) is 1.38. The molecule has 0 amide bonds. The number of hydrogen-bond acceptors (Lipinski definition) is 4. The highest BCUT2D eigenvalue weighted by Gasteiger charge is 2.04. The number of hydrogen-bond donors (Lipinski definition) is 0. The maximum absolute atomic E-state index is 8.68. The van der Waals surface area contributed by atoms with Crippen LogP contribution < -0.4 is 4.74 Å². The molecule has 0 saturated carbocycles. The number of rotatable bonds is 4. The van der Waals surface area contributed by atoms with Gasteiger partial charge in [0.05, 0.1) is 0 Å². The van der Waals surface area contributed by atoms with E-state index in [4.69, 9.17) is 31.3 Å². The van der Waals surface area contributed by atoms with E-state index in [-0.39, 0.29) is 12.2 Å². The summed E-state index contributed by atoms with van der Waals surface area (Å²) in [6, 6.07) is 12.4. The number of ether oxygens (including phenoxy) is 1. The molecular weight excluding hydrogens is 288 g/mol. The van der Waals surface area contributed by atoms with Gasteiger partial charge in [0.1, 0.15) is 41.6 Å². The molecule has 0 aliphatic heterocycles. The van der Waals surface area contributed by atoms with Gasteiger partial charge in [-0.15, -0.1) is 0 Å². The molecule has 104 valence electrons. The summed E-state index contributed by atoms with van der Waals surface area (Å²) in [5.41, 5.74) is 0.926. The molecule has 1 aromatic heterocycles. The molecule has 5 heteroatoms. The predicted octanol–water partition coefficient (Wildman–Crippen LogP) is 4.25. The van der Waals surface area contributed by atoms with Gasteiger partial charge in [0.15, 0.2) is 0 Å². The third-order valence-corrected chi connectivity index (χ3v) is 3.14. The first-order valence-electron chi connectivity index (χ1n) is 6.12. The minimum absolute atomic E-state index is 0.00913. The number of furan rings is 1. The van der Waals surface area contributed by atoms with Gasteiger partial charge in [-0.05, 0) is 42.8 Å². The minimum atomic E-state index is -0.00913. The van der Waals surface area contributed by atoms with Crippen LogP contribution in [-0.2, 0) is 6.61 Å². The van der Waals surface area contributed by atoms with Crippen LogP contribution in [0.4, 0.5) is 0 Å². The quantitative estimate of drug-likeness (QED) is 0.791. The largest absolute Gasteiger partial charge is 0.486 e. The lowest BCUT2D eigenvalue weighted by Crippen LogP contribution is -1.94. The summed E-state index contributed by atoms with van der Waals surface area (Å²) in [7, 11) is 0. The highest BCUT2D eigenvalue weighted by molar-refractivity contribution is 6.31. The van der Waals surface area contributed by atoms with Gasteiger partial charge in [0, 0.05) is 11.1 Å². The van der Waals surface area contributed by atoms with Gasteiger partial charge < -0.3 is 9.15 Å². The van der Waals surface area contributed by atoms with Crippen LogP contribution in [-0.4, -0.2) is 0 Å². The smallest absolute Gasteiger partial charge is 0.146 e. The van der Waals surface area contributed by atoms with E-state index >= 15 is 0 Å². The fraction of sp³-hybridized carbons (Fsp3) is 0.125. The van der Waals surface area contributed by atoms with Crippen LogP contribution in [0.25, 0.3) is 6.08 Å². The summed E-state index contributed by atoms with van der Waals surface area (Å²) in [5.74, 6) is 1.74. The van der Waals surface area contributed by atoms with E-state index in [1.807, 2.05) is 13.0 Å². The second-order valence-electron chi connectivity index (χ2n) is 4.29. The molecule has 0 saturated heterocycles. The van der Waals surface area contributed by atoms with Crippen LogP contribution in [0.5, 0.6) is 5.75 Å². The molecule has 0 unspecified atom stereocenters. The van der Waals surface area contributed by atoms with Gasteiger partial charge >= 0.3 is 0 Å². The number of aryl methyl sites for hydroxylation is 1. The summed E-state index contributed by atoms with van der Waals surface area (Å²) in [5, 5.41) is 18.0. The van der Waals surface area contributed by atoms with Crippen molar-refractivity contribution in [3.8, 4) is 17.9 Å². The Kier molecular flexibility index (Phi) is 4.66. The van der Waals surface area contributed by atoms with Crippen molar-refractivity contribution in [2.45, 2.75) is 13.5 Å². The van der Waals surface area contributed by atoms with Crippen molar-refractivity contribution in [3.63, 3.8) is 0 Å². The second-order valence-corrected chi connectivity index (χ2v) is 4.69. The first kappa shape index (κ1) is 14.7. The number of nitriles is 2. The van der Waals surface area contributed by atoms with Crippen LogP contribution in [0.15, 0.2) is 40.3 Å². The standard InChI is InChI=1S/C16H11ClN2O2/c1-11-6-13(4-5-16(11)17)20-10-15-3-2-14(21-15)7-12(8-18)9-19/h2-7H,10H2,1H3. The van der Waals surface area contributed by atoms with E-state index < -0.39 is 0 Å². The second kappa shape index (κ2) is 6.65. The van der Waals surface area contributed by atoms with E-state index in [2.05, 4.69) is 0 Å². The maximum Gasteiger partial charge on any atom is 0.146 e. The van der Waals surface area contributed by atoms with Gasteiger partial charge in [0.2, 0.25) is 0 Å². The van der Waals surface area contributed by atoms with Crippen LogP contribution in [0.3, 0.4) is 0 Å². The Balaban J connectivity index is 2.03. The summed E-state index contributed by atoms with van der Waals surface area (Å²) < 4.78 is 11.1. The lowest BCUT2D eigenvalue weighted by atomic mass is 10.2. The third-order valence-electron chi connectivity index (χ3n) is 2.72. The normalized spacial score (nSPS) is 9.52. The molecule has 2 aromatic rings. The number of halogens is 1. The zero-order chi connectivity index (χ0) is 15.2. The van der Waals surface area contributed by atoms with Gasteiger partial charge in [-0.1, -0.05) is 11.6 Å². The molecule has 21 heavy (non-hydrogen) atoms. The number of allylic oxidation sites excluding steroid dienone is 1. The maximum atomic E-state index is 8.68. The molecule has 0 bridgehead atoms. The molecule has 0 N–H and O–H groups in total. The highest BCUT2D eigenvalue weighted by atomic mass is 35.5. The Hall–Kier alpha value is -2.69. The fourth-order valence-corrected chi connectivity index (χ4v) is 1.76. The average molecular weight is 299 g/mol. The Morgan fingerprint density at radius 2 is 2.05 bits per heavy atom. The molecule has 0 spiro atoms. The van der Waals surface area contributed by atoms with Gasteiger partial charge in [-0.25, -0.2) is 0 Å². The molecule has 0 fully saturated rings.